The summed E-state index contributed by atoms with van der Waals surface area (Å²) in [6.07, 6.45) is -10.6. The van der Waals surface area contributed by atoms with Crippen LogP contribution in [0.2, 0.25) is 0 Å². The van der Waals surface area contributed by atoms with Gasteiger partial charge in [-0.1, -0.05) is 39.3 Å². The predicted molar refractivity (Wildman–Crippen MR) is 201 cm³/mol. The molecule has 0 unspecified atom stereocenters. The largest absolute Gasteiger partial charge is 0.481 e. The second kappa shape index (κ2) is 14.9. The SMILES string of the molecule is C[C@@H]1CC[C@]2(C(=O)O[C@@H]3O[C@H](CO[C@@H]4O[C@H](CO)[C@@H](O)[C@H](O)[C@H]4O)[C@@H](O)[C@H](O)[C@H]3O)CC[C@]3(C)C(=CC[C@@H]4[C@@]5(C)CC[C@H](O)[C@](C)(C(=O)O)[C@H]5CC[C@]43C)[C@@H]2[C@]1(C)O. The molecule has 0 radical (unpaired) electrons. The average molecular weight is 827 g/mol. The van der Waals surface area contributed by atoms with E-state index in [1.165, 1.54) is 0 Å². The first kappa shape index (κ1) is 44.3. The lowest BCUT2D eigenvalue weighted by molar-refractivity contribution is -0.329. The van der Waals surface area contributed by atoms with Gasteiger partial charge < -0.3 is 70.0 Å². The maximum atomic E-state index is 14.9. The van der Waals surface area contributed by atoms with Crippen LogP contribution < -0.4 is 0 Å². The standard InChI is InChI=1S/C42H66O16/c1-19-9-14-42(36(53)58-34-31(50)29(48)27(46)22(57-34)18-55-33-30(49)28(47)26(45)21(17-43)56-33)16-15-38(3)20(32(42)41(19,6)54)7-8-23-37(2)12-11-25(44)40(5,35(51)52)24(37)10-13-39(23,38)4/h7,19,21-34,43-50,54H,8-18H2,1-6H3,(H,51,52)/t19-,21-,22-,23-,24+,25+,26-,27-,28+,29+,30-,31-,32-,33-,34+,37-,38-,39-,40-,41-,42+/m1/s1. The molecule has 0 aromatic heterocycles. The van der Waals surface area contributed by atoms with Crippen molar-refractivity contribution < 1.29 is 79.6 Å². The first-order valence-corrected chi connectivity index (χ1v) is 21.1. The molecule has 10 N–H and O–H groups in total. The van der Waals surface area contributed by atoms with Gasteiger partial charge in [-0.05, 0) is 106 Å². The van der Waals surface area contributed by atoms with Crippen LogP contribution in [0.3, 0.4) is 0 Å². The number of ether oxygens (including phenoxy) is 4. The van der Waals surface area contributed by atoms with Crippen LogP contribution in [0.25, 0.3) is 0 Å². The molecule has 0 aromatic carbocycles. The van der Waals surface area contributed by atoms with Gasteiger partial charge in [-0.15, -0.1) is 0 Å². The van der Waals surface area contributed by atoms with E-state index in [9.17, 15) is 60.7 Å². The van der Waals surface area contributed by atoms with Crippen molar-refractivity contribution in [2.24, 2.45) is 50.7 Å². The summed E-state index contributed by atoms with van der Waals surface area (Å²) in [4.78, 5) is 27.7. The molecule has 16 nitrogen and oxygen atoms in total. The fourth-order valence-electron chi connectivity index (χ4n) is 13.6. The maximum Gasteiger partial charge on any atom is 0.315 e. The molecule has 58 heavy (non-hydrogen) atoms. The van der Waals surface area contributed by atoms with Crippen LogP contribution in [0.5, 0.6) is 0 Å². The second-order valence-electron chi connectivity index (χ2n) is 20.1. The highest BCUT2D eigenvalue weighted by Crippen LogP contribution is 2.76. The Morgan fingerprint density at radius 1 is 0.759 bits per heavy atom. The first-order valence-electron chi connectivity index (χ1n) is 21.1. The number of carbonyl (C=O) groups excluding carboxylic acids is 1. The summed E-state index contributed by atoms with van der Waals surface area (Å²) in [5, 5.41) is 107. The first-order chi connectivity index (χ1) is 27.0. The Labute approximate surface area is 339 Å². The van der Waals surface area contributed by atoms with E-state index in [2.05, 4.69) is 26.8 Å². The molecule has 0 amide bonds. The molecule has 4 saturated carbocycles. The number of hydrogen-bond donors (Lipinski definition) is 10. The molecular weight excluding hydrogens is 760 g/mol. The summed E-state index contributed by atoms with van der Waals surface area (Å²) in [7, 11) is 0. The maximum absolute atomic E-state index is 14.9. The van der Waals surface area contributed by atoms with E-state index in [0.717, 1.165) is 5.57 Å². The van der Waals surface area contributed by atoms with Gasteiger partial charge in [0.2, 0.25) is 6.29 Å². The predicted octanol–water partition coefficient (Wildman–Crippen LogP) is 0.352. The molecule has 21 atom stereocenters. The molecule has 6 fully saturated rings. The molecule has 7 aliphatic rings. The molecule has 2 aliphatic heterocycles. The van der Waals surface area contributed by atoms with Gasteiger partial charge in [0, 0.05) is 5.92 Å². The van der Waals surface area contributed by atoms with Gasteiger partial charge in [-0.2, -0.15) is 0 Å². The summed E-state index contributed by atoms with van der Waals surface area (Å²) in [5.41, 5.74) is -4.16. The van der Waals surface area contributed by atoms with Crippen molar-refractivity contribution in [3.63, 3.8) is 0 Å². The smallest absolute Gasteiger partial charge is 0.315 e. The number of esters is 1. The Bertz CT molecular complexity index is 1620. The monoisotopic (exact) mass is 826 g/mol. The molecule has 5 aliphatic carbocycles. The Balaban J connectivity index is 1.16. The van der Waals surface area contributed by atoms with Gasteiger partial charge >= 0.3 is 11.9 Å². The fraction of sp³-hybridized carbons (Fsp3) is 0.905. The van der Waals surface area contributed by atoms with Crippen LogP contribution in [0.1, 0.15) is 99.3 Å². The summed E-state index contributed by atoms with van der Waals surface area (Å²) < 4.78 is 22.8. The van der Waals surface area contributed by atoms with E-state index in [-0.39, 0.29) is 28.6 Å². The number of aliphatic hydroxyl groups excluding tert-OH is 8. The number of aliphatic hydroxyl groups is 9. The molecule has 7 rings (SSSR count). The molecule has 16 heteroatoms. The van der Waals surface area contributed by atoms with Gasteiger partial charge in [0.05, 0.1) is 35.7 Å². The third-order valence-corrected chi connectivity index (χ3v) is 17.7. The van der Waals surface area contributed by atoms with Gasteiger partial charge in [-0.3, -0.25) is 9.59 Å². The van der Waals surface area contributed by atoms with Crippen molar-refractivity contribution >= 4 is 11.9 Å². The number of aliphatic carboxylic acids is 1. The normalized spacial score (nSPS) is 55.5. The second-order valence-corrected chi connectivity index (χ2v) is 20.1. The van der Waals surface area contributed by atoms with Crippen molar-refractivity contribution in [1.82, 2.24) is 0 Å². The molecule has 330 valence electrons. The molecule has 2 heterocycles. The van der Waals surface area contributed by atoms with Crippen molar-refractivity contribution in [3.8, 4) is 0 Å². The number of hydrogen-bond acceptors (Lipinski definition) is 15. The van der Waals surface area contributed by atoms with E-state index < -0.39 is 120 Å². The van der Waals surface area contributed by atoms with E-state index in [1.807, 2.05) is 6.92 Å². The van der Waals surface area contributed by atoms with E-state index in [1.54, 1.807) is 13.8 Å². The Morgan fingerprint density at radius 3 is 2.02 bits per heavy atom. The topological polar surface area (TPSA) is 273 Å². The van der Waals surface area contributed by atoms with E-state index >= 15 is 0 Å². The zero-order chi connectivity index (χ0) is 42.7. The highest BCUT2D eigenvalue weighted by atomic mass is 16.7. The van der Waals surface area contributed by atoms with Crippen LogP contribution in [-0.2, 0) is 28.5 Å². The number of carboxylic acids is 1. The van der Waals surface area contributed by atoms with Gasteiger partial charge in [0.15, 0.2) is 6.29 Å². The Kier molecular flexibility index (Phi) is 11.4. The van der Waals surface area contributed by atoms with Crippen molar-refractivity contribution in [1.29, 1.82) is 0 Å². The molecule has 0 aromatic rings. The number of carbonyl (C=O) groups is 2. The zero-order valence-corrected chi connectivity index (χ0v) is 34.4. The highest BCUT2D eigenvalue weighted by Gasteiger charge is 2.73. The van der Waals surface area contributed by atoms with Crippen LogP contribution in [0.4, 0.5) is 0 Å². The lowest BCUT2D eigenvalue weighted by atomic mass is 9.33. The fourth-order valence-corrected chi connectivity index (χ4v) is 13.6. The summed E-state index contributed by atoms with van der Waals surface area (Å²) in [6, 6.07) is 0. The van der Waals surface area contributed by atoms with E-state index in [0.29, 0.717) is 57.8 Å². The minimum Gasteiger partial charge on any atom is -0.481 e. The summed E-state index contributed by atoms with van der Waals surface area (Å²) in [5.74, 6) is -2.77. The summed E-state index contributed by atoms with van der Waals surface area (Å²) in [6.45, 7) is 10.8. The number of carboxylic acid groups (broad SMARTS) is 1. The van der Waals surface area contributed by atoms with Crippen molar-refractivity contribution in [2.45, 2.75) is 172 Å². The Hall–Kier alpha value is -1.80. The molecular formula is C42H66O16. The third kappa shape index (κ3) is 6.13. The quantitative estimate of drug-likeness (QED) is 0.123. The van der Waals surface area contributed by atoms with Crippen LogP contribution >= 0.6 is 0 Å². The number of rotatable bonds is 7. The van der Waals surface area contributed by atoms with Crippen LogP contribution in [0.15, 0.2) is 11.6 Å². The number of fused-ring (bicyclic) bond motifs is 7. The average Bonchev–Trinajstić information content (AvgIpc) is 3.17. The minimum atomic E-state index is -1.87. The summed E-state index contributed by atoms with van der Waals surface area (Å²) >= 11 is 0. The Morgan fingerprint density at radius 2 is 1.38 bits per heavy atom. The minimum absolute atomic E-state index is 0.0740. The van der Waals surface area contributed by atoms with E-state index in [4.69, 9.17) is 18.9 Å². The zero-order valence-electron chi connectivity index (χ0n) is 34.4. The van der Waals surface area contributed by atoms with Crippen LogP contribution in [-0.4, -0.2) is 149 Å². The molecule has 0 bridgehead atoms. The highest BCUT2D eigenvalue weighted by molar-refractivity contribution is 5.79. The van der Waals surface area contributed by atoms with Gasteiger partial charge in [0.25, 0.3) is 0 Å². The number of allylic oxidation sites excluding steroid dienone is 1. The van der Waals surface area contributed by atoms with Crippen molar-refractivity contribution in [3.05, 3.63) is 11.6 Å². The lowest BCUT2D eigenvalue weighted by Gasteiger charge is -2.71. The van der Waals surface area contributed by atoms with Gasteiger partial charge in [-0.25, -0.2) is 0 Å². The van der Waals surface area contributed by atoms with Crippen LogP contribution in [0, 0.1) is 50.7 Å². The molecule has 0 spiro atoms. The molecule has 2 saturated heterocycles. The van der Waals surface area contributed by atoms with Crippen molar-refractivity contribution in [2.75, 3.05) is 13.2 Å². The van der Waals surface area contributed by atoms with Gasteiger partial charge in [0.1, 0.15) is 48.8 Å². The lowest BCUT2D eigenvalue weighted by Crippen LogP contribution is -2.69. The third-order valence-electron chi connectivity index (χ3n) is 17.7.